The van der Waals surface area contributed by atoms with E-state index in [1.807, 2.05) is 0 Å². The van der Waals surface area contributed by atoms with Gasteiger partial charge in [0.05, 0.1) is 11.2 Å². The SMILES string of the molecule is CC1(C)O[C@@](C)([C@@H]2CC[C@](C)(Br)[C@@H](Cl)C2)CC[C@@H]1Br. The van der Waals surface area contributed by atoms with Gasteiger partial charge in [0.25, 0.3) is 0 Å². The molecule has 4 heteroatoms. The van der Waals surface area contributed by atoms with E-state index in [0.29, 0.717) is 10.7 Å². The van der Waals surface area contributed by atoms with E-state index in [9.17, 15) is 0 Å². The van der Waals surface area contributed by atoms with Gasteiger partial charge >= 0.3 is 0 Å². The second-order valence-electron chi connectivity index (χ2n) is 7.24. The van der Waals surface area contributed by atoms with E-state index in [1.165, 1.54) is 12.8 Å². The molecule has 2 fully saturated rings. The lowest BCUT2D eigenvalue weighted by atomic mass is 9.70. The first-order valence-electron chi connectivity index (χ1n) is 7.24. The van der Waals surface area contributed by atoms with E-state index < -0.39 is 0 Å². The van der Waals surface area contributed by atoms with Gasteiger partial charge in [0, 0.05) is 14.5 Å². The molecule has 1 nitrogen and oxygen atoms in total. The van der Waals surface area contributed by atoms with Crippen LogP contribution in [-0.2, 0) is 4.74 Å². The fourth-order valence-electron chi connectivity index (χ4n) is 3.55. The first-order chi connectivity index (χ1) is 8.57. The van der Waals surface area contributed by atoms with Crippen molar-refractivity contribution in [1.82, 2.24) is 0 Å². The molecule has 0 aromatic heterocycles. The Morgan fingerprint density at radius 2 is 1.74 bits per heavy atom. The first kappa shape index (κ1) is 16.6. The van der Waals surface area contributed by atoms with Crippen molar-refractivity contribution < 1.29 is 4.74 Å². The van der Waals surface area contributed by atoms with E-state index in [4.69, 9.17) is 16.3 Å². The van der Waals surface area contributed by atoms with Gasteiger partial charge in [-0.3, -0.25) is 0 Å². The predicted octanol–water partition coefficient (Wildman–Crippen LogP) is 5.66. The predicted molar refractivity (Wildman–Crippen MR) is 89.8 cm³/mol. The molecule has 0 aromatic rings. The van der Waals surface area contributed by atoms with E-state index in [2.05, 4.69) is 59.6 Å². The molecular weight excluding hydrogens is 391 g/mol. The van der Waals surface area contributed by atoms with Crippen LogP contribution < -0.4 is 0 Å². The fraction of sp³-hybridized carbons (Fsp3) is 1.00. The van der Waals surface area contributed by atoms with Gasteiger partial charge in [0.2, 0.25) is 0 Å². The molecule has 1 saturated carbocycles. The lowest BCUT2D eigenvalue weighted by Crippen LogP contribution is -2.55. The zero-order valence-electron chi connectivity index (χ0n) is 12.3. The molecule has 5 atom stereocenters. The summed E-state index contributed by atoms with van der Waals surface area (Å²) in [6.07, 6.45) is 5.68. The molecule has 1 saturated heterocycles. The van der Waals surface area contributed by atoms with Crippen molar-refractivity contribution in [3.8, 4) is 0 Å². The van der Waals surface area contributed by atoms with Crippen LogP contribution in [0.3, 0.4) is 0 Å². The summed E-state index contributed by atoms with van der Waals surface area (Å²) in [5, 5.41) is 0.191. The average Bonchev–Trinajstić information content (AvgIpc) is 2.27. The van der Waals surface area contributed by atoms with Crippen molar-refractivity contribution in [3.05, 3.63) is 0 Å². The van der Waals surface area contributed by atoms with Gasteiger partial charge < -0.3 is 4.74 Å². The zero-order valence-corrected chi connectivity index (χ0v) is 16.2. The monoisotopic (exact) mass is 414 g/mol. The third-order valence-electron chi connectivity index (χ3n) is 5.13. The second-order valence-corrected chi connectivity index (χ2v) is 10.7. The molecule has 19 heavy (non-hydrogen) atoms. The van der Waals surface area contributed by atoms with Gasteiger partial charge in [-0.1, -0.05) is 31.9 Å². The highest BCUT2D eigenvalue weighted by atomic mass is 79.9. The highest BCUT2D eigenvalue weighted by Crippen LogP contribution is 2.50. The molecular formula is C15H25Br2ClO. The summed E-state index contributed by atoms with van der Waals surface area (Å²) in [7, 11) is 0. The lowest BCUT2D eigenvalue weighted by molar-refractivity contribution is -0.190. The number of hydrogen-bond acceptors (Lipinski definition) is 1. The minimum atomic E-state index is -0.0933. The molecule has 0 unspecified atom stereocenters. The van der Waals surface area contributed by atoms with Crippen molar-refractivity contribution in [2.75, 3.05) is 0 Å². The van der Waals surface area contributed by atoms with Crippen molar-refractivity contribution in [3.63, 3.8) is 0 Å². The van der Waals surface area contributed by atoms with E-state index in [0.717, 1.165) is 19.3 Å². The van der Waals surface area contributed by atoms with Crippen molar-refractivity contribution in [2.24, 2.45) is 5.92 Å². The average molecular weight is 417 g/mol. The molecule has 1 heterocycles. The molecule has 2 rings (SSSR count). The molecule has 0 spiro atoms. The highest BCUT2D eigenvalue weighted by molar-refractivity contribution is 9.10. The number of hydrogen-bond donors (Lipinski definition) is 0. The van der Waals surface area contributed by atoms with Gasteiger partial charge in [-0.15, -0.1) is 11.6 Å². The Labute approximate surface area is 139 Å². The van der Waals surface area contributed by atoms with Crippen LogP contribution in [-0.4, -0.2) is 25.7 Å². The molecule has 1 aliphatic carbocycles. The summed E-state index contributed by atoms with van der Waals surface area (Å²) >= 11 is 14.1. The van der Waals surface area contributed by atoms with E-state index >= 15 is 0 Å². The van der Waals surface area contributed by atoms with Crippen molar-refractivity contribution in [1.29, 1.82) is 0 Å². The number of alkyl halides is 3. The Morgan fingerprint density at radius 3 is 2.26 bits per heavy atom. The van der Waals surface area contributed by atoms with Crippen LogP contribution in [0.1, 0.15) is 59.8 Å². The van der Waals surface area contributed by atoms with Gasteiger partial charge in [-0.05, 0) is 65.7 Å². The Bertz CT molecular complexity index is 345. The number of rotatable bonds is 1. The maximum atomic E-state index is 6.57. The Balaban J connectivity index is 2.10. The van der Waals surface area contributed by atoms with Gasteiger partial charge in [0.1, 0.15) is 0 Å². The van der Waals surface area contributed by atoms with Crippen LogP contribution in [0, 0.1) is 5.92 Å². The number of ether oxygens (including phenoxy) is 1. The topological polar surface area (TPSA) is 9.23 Å². The third-order valence-corrected chi connectivity index (χ3v) is 8.57. The molecule has 0 amide bonds. The largest absolute Gasteiger partial charge is 0.368 e. The van der Waals surface area contributed by atoms with Crippen molar-refractivity contribution >= 4 is 43.5 Å². The Hall–Kier alpha value is 1.21. The molecule has 1 aliphatic heterocycles. The van der Waals surface area contributed by atoms with Crippen LogP contribution in [0.5, 0.6) is 0 Å². The molecule has 0 N–H and O–H groups in total. The van der Waals surface area contributed by atoms with Gasteiger partial charge in [-0.25, -0.2) is 0 Å². The normalized spacial score (nSPS) is 51.0. The zero-order chi connectivity index (χ0) is 14.5. The minimum absolute atomic E-state index is 0.0234. The van der Waals surface area contributed by atoms with Gasteiger partial charge in [0.15, 0.2) is 0 Å². The van der Waals surface area contributed by atoms with E-state index in [-0.39, 0.29) is 20.9 Å². The summed E-state index contributed by atoms with van der Waals surface area (Å²) < 4.78 is 6.60. The van der Waals surface area contributed by atoms with Gasteiger partial charge in [-0.2, -0.15) is 0 Å². The summed E-state index contributed by atoms with van der Waals surface area (Å²) in [4.78, 5) is 0.449. The summed E-state index contributed by atoms with van der Waals surface area (Å²) in [5.41, 5.74) is -0.117. The molecule has 2 aliphatic rings. The maximum Gasteiger partial charge on any atom is 0.0758 e. The third kappa shape index (κ3) is 3.35. The summed E-state index contributed by atoms with van der Waals surface area (Å²) in [6, 6.07) is 0. The Kier molecular flexibility index (Phi) is 4.75. The molecule has 112 valence electrons. The van der Waals surface area contributed by atoms with Crippen molar-refractivity contribution in [2.45, 2.75) is 85.5 Å². The standard InChI is InChI=1S/C15H25Br2ClO/c1-13(2)11(16)6-8-15(4,19-13)10-5-7-14(3,17)12(18)9-10/h10-12H,5-9H2,1-4H3/t10-,11+,12+,14+,15-/m1/s1. The lowest BCUT2D eigenvalue weighted by Gasteiger charge is -2.52. The van der Waals surface area contributed by atoms with Crippen LogP contribution in [0.4, 0.5) is 0 Å². The quantitative estimate of drug-likeness (QED) is 0.501. The maximum absolute atomic E-state index is 6.57. The minimum Gasteiger partial charge on any atom is -0.368 e. The fourth-order valence-corrected chi connectivity index (χ4v) is 4.61. The summed E-state index contributed by atoms with van der Waals surface area (Å²) in [6.45, 7) is 8.89. The highest BCUT2D eigenvalue weighted by Gasteiger charge is 2.50. The van der Waals surface area contributed by atoms with Crippen LogP contribution >= 0.6 is 43.5 Å². The Morgan fingerprint density at radius 1 is 1.11 bits per heavy atom. The van der Waals surface area contributed by atoms with Crippen LogP contribution in [0.15, 0.2) is 0 Å². The first-order valence-corrected chi connectivity index (χ1v) is 9.38. The molecule has 0 bridgehead atoms. The molecule has 0 aromatic carbocycles. The second kappa shape index (κ2) is 5.44. The molecule has 0 radical (unpaired) electrons. The summed E-state index contributed by atoms with van der Waals surface area (Å²) in [5.74, 6) is 0.569. The smallest absolute Gasteiger partial charge is 0.0758 e. The van der Waals surface area contributed by atoms with Crippen LogP contribution in [0.2, 0.25) is 0 Å². The van der Waals surface area contributed by atoms with E-state index in [1.54, 1.807) is 0 Å². The van der Waals surface area contributed by atoms with Crippen LogP contribution in [0.25, 0.3) is 0 Å². The number of halogens is 3.